The molecule has 1 aliphatic heterocycles. The van der Waals surface area contributed by atoms with Crippen LogP contribution in [-0.2, 0) is 4.79 Å². The average Bonchev–Trinajstić information content (AvgIpc) is 3.37. The van der Waals surface area contributed by atoms with Crippen molar-refractivity contribution in [2.75, 3.05) is 18.4 Å². The van der Waals surface area contributed by atoms with E-state index in [9.17, 15) is 9.59 Å². The summed E-state index contributed by atoms with van der Waals surface area (Å²) in [5.74, 6) is 1.07. The second-order valence-corrected chi connectivity index (χ2v) is 8.15. The second kappa shape index (κ2) is 8.16. The van der Waals surface area contributed by atoms with Crippen molar-refractivity contribution < 1.29 is 14.1 Å². The first-order valence-electron chi connectivity index (χ1n) is 9.56. The fourth-order valence-electron chi connectivity index (χ4n) is 3.52. The van der Waals surface area contributed by atoms with Crippen molar-refractivity contribution in [3.8, 4) is 11.4 Å². The Hall–Kier alpha value is -3.00. The lowest BCUT2D eigenvalue weighted by Crippen LogP contribution is -2.39. The van der Waals surface area contributed by atoms with Gasteiger partial charge in [-0.05, 0) is 61.0 Å². The van der Waals surface area contributed by atoms with E-state index >= 15 is 0 Å². The Labute approximate surface area is 172 Å². The maximum Gasteiger partial charge on any atom is 0.264 e. The number of likely N-dealkylation sites (tertiary alicyclic amines) is 1. The van der Waals surface area contributed by atoms with Crippen molar-refractivity contribution in [1.82, 2.24) is 15.0 Å². The molecule has 0 spiro atoms. The summed E-state index contributed by atoms with van der Waals surface area (Å²) < 4.78 is 5.53. The highest BCUT2D eigenvalue weighted by molar-refractivity contribution is 7.12. The number of carbonyl (C=O) groups excluding carboxylic acids is 2. The van der Waals surface area contributed by atoms with Gasteiger partial charge < -0.3 is 14.7 Å². The summed E-state index contributed by atoms with van der Waals surface area (Å²) in [5.41, 5.74) is 2.55. The highest BCUT2D eigenvalue weighted by Gasteiger charge is 2.30. The van der Waals surface area contributed by atoms with Crippen molar-refractivity contribution in [2.45, 2.75) is 32.6 Å². The van der Waals surface area contributed by atoms with Crippen molar-refractivity contribution in [3.05, 3.63) is 52.0 Å². The summed E-state index contributed by atoms with van der Waals surface area (Å²) in [6, 6.07) is 9.27. The van der Waals surface area contributed by atoms with E-state index in [0.717, 1.165) is 41.1 Å². The van der Waals surface area contributed by atoms with Gasteiger partial charge in [-0.1, -0.05) is 5.16 Å². The third-order valence-electron chi connectivity index (χ3n) is 5.02. The molecule has 150 valence electrons. The Morgan fingerprint density at radius 1 is 1.24 bits per heavy atom. The Kier molecular flexibility index (Phi) is 5.44. The van der Waals surface area contributed by atoms with Crippen molar-refractivity contribution in [1.29, 1.82) is 0 Å². The second-order valence-electron chi connectivity index (χ2n) is 7.24. The molecular weight excluding hydrogens is 388 g/mol. The summed E-state index contributed by atoms with van der Waals surface area (Å²) in [7, 11) is 0. The normalized spacial score (nSPS) is 16.6. The molecule has 1 aromatic carbocycles. The largest absolute Gasteiger partial charge is 0.339 e. The fourth-order valence-corrected chi connectivity index (χ4v) is 4.41. The zero-order valence-corrected chi connectivity index (χ0v) is 17.2. The maximum atomic E-state index is 12.8. The van der Waals surface area contributed by atoms with Gasteiger partial charge in [0, 0.05) is 31.3 Å². The third kappa shape index (κ3) is 4.22. The minimum atomic E-state index is -0.117. The number of carbonyl (C=O) groups is 2. The van der Waals surface area contributed by atoms with Gasteiger partial charge in [-0.25, -0.2) is 0 Å². The number of nitrogens with zero attached hydrogens (tertiary/aromatic N) is 3. The zero-order chi connectivity index (χ0) is 20.4. The number of nitrogens with one attached hydrogen (secondary N) is 1. The first kappa shape index (κ1) is 19.3. The van der Waals surface area contributed by atoms with Crippen LogP contribution in [0.2, 0.25) is 0 Å². The molecule has 1 aliphatic rings. The molecule has 2 aromatic heterocycles. The van der Waals surface area contributed by atoms with Crippen LogP contribution < -0.4 is 5.32 Å². The van der Waals surface area contributed by atoms with Crippen molar-refractivity contribution in [3.63, 3.8) is 0 Å². The van der Waals surface area contributed by atoms with E-state index in [1.54, 1.807) is 12.1 Å². The molecule has 8 heteroatoms. The van der Waals surface area contributed by atoms with Gasteiger partial charge in [0.05, 0.1) is 10.8 Å². The van der Waals surface area contributed by atoms with E-state index in [4.69, 9.17) is 4.52 Å². The minimum Gasteiger partial charge on any atom is -0.339 e. The van der Waals surface area contributed by atoms with E-state index in [-0.39, 0.29) is 17.7 Å². The molecule has 1 N–H and O–H groups in total. The van der Waals surface area contributed by atoms with Crippen LogP contribution in [0, 0.1) is 6.92 Å². The van der Waals surface area contributed by atoms with E-state index in [1.165, 1.54) is 18.3 Å². The molecule has 1 fully saturated rings. The molecule has 29 heavy (non-hydrogen) atoms. The number of hydrogen-bond donors (Lipinski definition) is 1. The van der Waals surface area contributed by atoms with Crippen LogP contribution in [0.4, 0.5) is 5.69 Å². The van der Waals surface area contributed by atoms with Gasteiger partial charge in [0.25, 0.3) is 5.91 Å². The van der Waals surface area contributed by atoms with Crippen LogP contribution in [0.1, 0.15) is 46.8 Å². The lowest BCUT2D eigenvalue weighted by atomic mass is 9.97. The molecule has 7 nitrogen and oxygen atoms in total. The monoisotopic (exact) mass is 410 g/mol. The predicted octanol–water partition coefficient (Wildman–Crippen LogP) is 4.08. The molecule has 1 atom stereocenters. The predicted molar refractivity (Wildman–Crippen MR) is 111 cm³/mol. The number of piperidine rings is 1. The van der Waals surface area contributed by atoms with Crippen molar-refractivity contribution in [2.24, 2.45) is 0 Å². The molecular formula is C21H22N4O3S. The van der Waals surface area contributed by atoms with Gasteiger partial charge in [-0.3, -0.25) is 9.59 Å². The van der Waals surface area contributed by atoms with Crippen molar-refractivity contribution >= 4 is 28.8 Å². The van der Waals surface area contributed by atoms with Gasteiger partial charge in [0.2, 0.25) is 17.6 Å². The topological polar surface area (TPSA) is 88.3 Å². The highest BCUT2D eigenvalue weighted by atomic mass is 32.1. The first-order valence-corrected chi connectivity index (χ1v) is 10.4. The van der Waals surface area contributed by atoms with Gasteiger partial charge in [0.1, 0.15) is 0 Å². The molecule has 3 aromatic rings. The zero-order valence-electron chi connectivity index (χ0n) is 16.3. The Balaban J connectivity index is 1.47. The molecule has 2 amide bonds. The number of benzene rings is 1. The van der Waals surface area contributed by atoms with Crippen LogP contribution >= 0.6 is 11.3 Å². The molecule has 0 radical (unpaired) electrons. The summed E-state index contributed by atoms with van der Waals surface area (Å²) in [5, 5.41) is 8.79. The molecule has 1 saturated heterocycles. The summed E-state index contributed by atoms with van der Waals surface area (Å²) >= 11 is 1.49. The Morgan fingerprint density at radius 2 is 2.03 bits per heavy atom. The summed E-state index contributed by atoms with van der Waals surface area (Å²) in [6.45, 7) is 4.77. The molecule has 0 saturated carbocycles. The van der Waals surface area contributed by atoms with E-state index in [0.29, 0.717) is 18.3 Å². The Bertz CT molecular complexity index is 1020. The fraction of sp³-hybridized carbons (Fsp3) is 0.333. The van der Waals surface area contributed by atoms with Crippen LogP contribution in [0.5, 0.6) is 0 Å². The number of thiophene rings is 1. The highest BCUT2D eigenvalue weighted by Crippen LogP contribution is 2.29. The van der Waals surface area contributed by atoms with E-state index in [2.05, 4.69) is 15.5 Å². The van der Waals surface area contributed by atoms with Gasteiger partial charge in [0.15, 0.2) is 0 Å². The van der Waals surface area contributed by atoms with Crippen LogP contribution in [-0.4, -0.2) is 39.9 Å². The molecule has 3 heterocycles. The van der Waals surface area contributed by atoms with Gasteiger partial charge in [-0.2, -0.15) is 4.98 Å². The molecule has 0 bridgehead atoms. The number of rotatable bonds is 4. The molecule has 1 unspecified atom stereocenters. The van der Waals surface area contributed by atoms with E-state index in [1.807, 2.05) is 35.4 Å². The first-order chi connectivity index (χ1) is 14.0. The van der Waals surface area contributed by atoms with Crippen LogP contribution in [0.15, 0.2) is 40.2 Å². The number of anilines is 1. The molecule has 4 rings (SSSR count). The summed E-state index contributed by atoms with van der Waals surface area (Å²) in [4.78, 5) is 31.2. The minimum absolute atomic E-state index is 0.0351. The van der Waals surface area contributed by atoms with Crippen LogP contribution in [0.3, 0.4) is 0 Å². The summed E-state index contributed by atoms with van der Waals surface area (Å²) in [6.07, 6.45) is 1.82. The maximum absolute atomic E-state index is 12.8. The lowest BCUT2D eigenvalue weighted by molar-refractivity contribution is -0.114. The smallest absolute Gasteiger partial charge is 0.264 e. The Morgan fingerprint density at radius 3 is 2.72 bits per heavy atom. The average molecular weight is 410 g/mol. The quantitative estimate of drug-likeness (QED) is 0.700. The lowest BCUT2D eigenvalue weighted by Gasteiger charge is -2.30. The van der Waals surface area contributed by atoms with E-state index < -0.39 is 0 Å². The van der Waals surface area contributed by atoms with Gasteiger partial charge >= 0.3 is 0 Å². The standard InChI is InChI=1S/C21H22N4O3S/c1-13-9-11-29-18(13)21(27)25-10-3-4-16(12-25)20-23-19(24-28-20)15-5-7-17(8-6-15)22-14(2)26/h5-9,11,16H,3-4,10,12H2,1-2H3,(H,22,26). The number of hydrogen-bond acceptors (Lipinski definition) is 6. The number of aryl methyl sites for hydroxylation is 1. The van der Waals surface area contributed by atoms with Gasteiger partial charge in [-0.15, -0.1) is 11.3 Å². The number of amides is 2. The molecule has 0 aliphatic carbocycles. The SMILES string of the molecule is CC(=O)Nc1ccc(-c2noc(C3CCCN(C(=O)c4sccc4C)C3)n2)cc1. The number of aromatic nitrogens is 2. The van der Waals surface area contributed by atoms with Crippen LogP contribution in [0.25, 0.3) is 11.4 Å². The third-order valence-corrected chi connectivity index (χ3v) is 6.02.